The van der Waals surface area contributed by atoms with Crippen molar-refractivity contribution in [1.29, 1.82) is 0 Å². The molecular formula is C31H38N8O8S2. The molecule has 16 nitrogen and oxygen atoms in total. The van der Waals surface area contributed by atoms with Crippen LogP contribution in [0.3, 0.4) is 0 Å². The molecule has 0 aliphatic carbocycles. The largest absolute Gasteiger partial charge is 0.550 e. The molecule has 7 rings (SSSR count). The average Bonchev–Trinajstić information content (AvgIpc) is 3.84. The lowest BCUT2D eigenvalue weighted by Crippen LogP contribution is -2.60. The van der Waals surface area contributed by atoms with Crippen LogP contribution in [0.1, 0.15) is 46.2 Å². The van der Waals surface area contributed by atoms with Gasteiger partial charge in [-0.05, 0) is 30.2 Å². The number of aliphatic hydroxyl groups excluding tert-OH is 2. The number of fused-ring (bicyclic) bond motifs is 4. The Labute approximate surface area is 288 Å². The third kappa shape index (κ3) is 5.47. The van der Waals surface area contributed by atoms with Crippen LogP contribution < -0.4 is 41.4 Å². The summed E-state index contributed by atoms with van der Waals surface area (Å²) < 4.78 is 10.2. The van der Waals surface area contributed by atoms with Crippen LogP contribution >= 0.6 is 23.5 Å². The van der Waals surface area contributed by atoms with Gasteiger partial charge in [-0.25, -0.2) is 0 Å². The van der Waals surface area contributed by atoms with Gasteiger partial charge in [0.2, 0.25) is 12.7 Å². The molecule has 262 valence electrons. The molecule has 3 aromatic heterocycles. The minimum absolute atomic E-state index is 0.00243. The third-order valence-electron chi connectivity index (χ3n) is 10.3. The van der Waals surface area contributed by atoms with E-state index in [9.17, 15) is 34.8 Å². The smallest absolute Gasteiger partial charge is 0.306 e. The average molecular weight is 715 g/mol. The number of carbonyl (C=O) groups is 2. The summed E-state index contributed by atoms with van der Waals surface area (Å²) in [6, 6.07) is -2.20. The first-order valence-electron chi connectivity index (χ1n) is 16.3. The Balaban J connectivity index is 1.47. The zero-order chi connectivity index (χ0) is 35.0. The SMILES string of the molecule is CC(O)C(C(=O)[O-])C1[C@@H](C)C(SC2Cn3cnc[n+]3C2)=c2c(=O)n3c(c(=O)n21)=C(SC1Cn2cnc[n+]2C1)[C@H](C)C3C(C[C@@H](C)O)C(=O)[O-]. The van der Waals surface area contributed by atoms with Crippen LogP contribution in [-0.2, 0) is 35.8 Å². The first-order valence-corrected chi connectivity index (χ1v) is 18.1. The van der Waals surface area contributed by atoms with Crippen LogP contribution in [0.2, 0.25) is 0 Å². The van der Waals surface area contributed by atoms with Crippen LogP contribution in [0.5, 0.6) is 0 Å². The van der Waals surface area contributed by atoms with Gasteiger partial charge in [0.1, 0.15) is 23.8 Å². The van der Waals surface area contributed by atoms with Gasteiger partial charge in [0.25, 0.3) is 11.1 Å². The van der Waals surface area contributed by atoms with Crippen molar-refractivity contribution in [3.63, 3.8) is 0 Å². The number of carboxylic acids is 2. The molecule has 2 N–H and O–H groups in total. The predicted octanol–water partition coefficient (Wildman–Crippen LogP) is -4.91. The number of hydrogen-bond donors (Lipinski definition) is 2. The maximum atomic E-state index is 15.0. The van der Waals surface area contributed by atoms with E-state index >= 15 is 4.79 Å². The van der Waals surface area contributed by atoms with Crippen molar-refractivity contribution in [3.05, 3.63) is 56.7 Å². The summed E-state index contributed by atoms with van der Waals surface area (Å²) in [6.45, 7) is 8.51. The lowest BCUT2D eigenvalue weighted by atomic mass is 9.86. The summed E-state index contributed by atoms with van der Waals surface area (Å²) >= 11 is 2.76. The molecule has 0 radical (unpaired) electrons. The van der Waals surface area contributed by atoms with E-state index in [4.69, 9.17) is 0 Å². The molecule has 0 saturated carbocycles. The number of carboxylic acid groups (broad SMARTS) is 2. The number of carbonyl (C=O) groups excluding carboxylic acids is 2. The molecule has 0 fully saturated rings. The maximum absolute atomic E-state index is 15.0. The molecule has 7 heterocycles. The van der Waals surface area contributed by atoms with E-state index in [-0.39, 0.29) is 27.6 Å². The highest BCUT2D eigenvalue weighted by Crippen LogP contribution is 2.45. The highest BCUT2D eigenvalue weighted by molar-refractivity contribution is 8.08. The number of nitrogens with zero attached hydrogens (tertiary/aromatic N) is 8. The second-order valence-corrected chi connectivity index (χ2v) is 16.3. The van der Waals surface area contributed by atoms with Gasteiger partial charge in [0.15, 0.2) is 0 Å². The van der Waals surface area contributed by atoms with Crippen molar-refractivity contribution in [2.24, 2.45) is 23.7 Å². The highest BCUT2D eigenvalue weighted by atomic mass is 32.2. The second kappa shape index (κ2) is 12.5. The van der Waals surface area contributed by atoms with Crippen molar-refractivity contribution in [2.45, 2.75) is 95.1 Å². The van der Waals surface area contributed by atoms with Gasteiger partial charge in [0.05, 0.1) is 47.9 Å². The quantitative estimate of drug-likeness (QED) is 0.179. The molecule has 18 heteroatoms. The van der Waals surface area contributed by atoms with E-state index in [1.807, 2.05) is 18.7 Å². The molecule has 0 saturated heterocycles. The van der Waals surface area contributed by atoms with Crippen LogP contribution in [0, 0.1) is 23.7 Å². The number of rotatable bonds is 11. The lowest BCUT2D eigenvalue weighted by molar-refractivity contribution is -0.758. The van der Waals surface area contributed by atoms with Gasteiger partial charge >= 0.3 is 12.7 Å². The van der Waals surface area contributed by atoms with Gasteiger partial charge in [-0.1, -0.05) is 13.8 Å². The fourth-order valence-corrected chi connectivity index (χ4v) is 11.2. The predicted molar refractivity (Wildman–Crippen MR) is 170 cm³/mol. The molecule has 0 aromatic carbocycles. The first kappa shape index (κ1) is 33.7. The monoisotopic (exact) mass is 714 g/mol. The molecule has 0 spiro atoms. The molecular weight excluding hydrogens is 677 g/mol. The molecule has 5 unspecified atom stereocenters. The zero-order valence-corrected chi connectivity index (χ0v) is 29.0. The Morgan fingerprint density at radius 2 is 1.33 bits per heavy atom. The standard InChI is InChI=1S/C31H38N8O8S2/c1-14(40)5-20(30(44)45)22-15(2)26(48-18-6-34-10-32-11-35(34)7-18)24-29(43)39-23(21(17(4)41)31(46)47)16(3)27(25(39)28(42)38(22)24)49-19-8-36-12-33-13-37(36)9-19/h10-23,40-41H,5-9H2,1-4H3/t14-,15-,16-,17?,20?,21?,22?,23?/m1/s1. The Kier molecular flexibility index (Phi) is 8.64. The summed E-state index contributed by atoms with van der Waals surface area (Å²) in [4.78, 5) is 64.6. The number of aliphatic carboxylic acids is 2. The van der Waals surface area contributed by atoms with E-state index in [2.05, 4.69) is 9.97 Å². The number of aliphatic hydroxyl groups is 2. The summed E-state index contributed by atoms with van der Waals surface area (Å²) in [5, 5.41) is 46.2. The summed E-state index contributed by atoms with van der Waals surface area (Å²) in [7, 11) is 0. The Hall–Kier alpha value is -3.74. The second-order valence-electron chi connectivity index (χ2n) is 13.7. The van der Waals surface area contributed by atoms with E-state index in [0.717, 1.165) is 0 Å². The van der Waals surface area contributed by atoms with Gasteiger partial charge in [-0.3, -0.25) is 18.7 Å². The molecule has 8 atom stereocenters. The normalized spacial score (nSPS) is 27.8. The Bertz CT molecular complexity index is 2050. The van der Waals surface area contributed by atoms with Crippen LogP contribution in [0.25, 0.3) is 9.81 Å². The topological polar surface area (TPSA) is 208 Å². The van der Waals surface area contributed by atoms with Crippen molar-refractivity contribution in [3.8, 4) is 0 Å². The minimum atomic E-state index is -1.55. The van der Waals surface area contributed by atoms with Gasteiger partial charge in [-0.15, -0.1) is 23.5 Å². The molecule has 0 amide bonds. The van der Waals surface area contributed by atoms with E-state index in [1.165, 1.54) is 46.5 Å². The Morgan fingerprint density at radius 1 is 0.857 bits per heavy atom. The van der Waals surface area contributed by atoms with Crippen molar-refractivity contribution in [2.75, 3.05) is 0 Å². The van der Waals surface area contributed by atoms with Crippen molar-refractivity contribution in [1.82, 2.24) is 28.5 Å². The highest BCUT2D eigenvalue weighted by Gasteiger charge is 2.47. The van der Waals surface area contributed by atoms with Crippen molar-refractivity contribution >= 4 is 45.3 Å². The minimum Gasteiger partial charge on any atom is -0.550 e. The van der Waals surface area contributed by atoms with Gasteiger partial charge in [0, 0.05) is 45.4 Å². The van der Waals surface area contributed by atoms with Gasteiger partial charge in [-0.2, -0.15) is 18.7 Å². The summed E-state index contributed by atoms with van der Waals surface area (Å²) in [5.41, 5.74) is -1.26. The zero-order valence-electron chi connectivity index (χ0n) is 27.4. The lowest BCUT2D eigenvalue weighted by Gasteiger charge is -2.33. The van der Waals surface area contributed by atoms with E-state index in [0.29, 0.717) is 36.0 Å². The number of hydrogen-bond acceptors (Lipinski definition) is 12. The molecule has 0 bridgehead atoms. The Morgan fingerprint density at radius 3 is 1.73 bits per heavy atom. The van der Waals surface area contributed by atoms with E-state index in [1.54, 1.807) is 39.2 Å². The summed E-state index contributed by atoms with van der Waals surface area (Å²) in [5.74, 6) is -7.15. The molecule has 49 heavy (non-hydrogen) atoms. The van der Waals surface area contributed by atoms with Crippen LogP contribution in [-0.4, -0.2) is 73.3 Å². The third-order valence-corrected chi connectivity index (χ3v) is 13.2. The maximum Gasteiger partial charge on any atom is 0.306 e. The first-order chi connectivity index (χ1) is 23.3. The summed E-state index contributed by atoms with van der Waals surface area (Å²) in [6.07, 6.45) is 4.10. The van der Waals surface area contributed by atoms with Gasteiger partial charge < -0.3 is 30.0 Å². The fraction of sp³-hybridized carbons (Fsp3) is 0.613. The number of aromatic nitrogens is 8. The molecule has 3 aromatic rings. The molecule has 4 aliphatic rings. The fourth-order valence-electron chi connectivity index (χ4n) is 8.23. The van der Waals surface area contributed by atoms with Crippen LogP contribution in [0.4, 0.5) is 0 Å². The number of thioether (sulfide) groups is 2. The van der Waals surface area contributed by atoms with Crippen molar-refractivity contribution < 1.29 is 39.4 Å². The molecule has 4 aliphatic heterocycles. The van der Waals surface area contributed by atoms with E-state index < -0.39 is 71.0 Å². The van der Waals surface area contributed by atoms with Crippen LogP contribution in [0.15, 0.2) is 34.9 Å².